The number of fused-ring (bicyclic) bond motifs is 1. The van der Waals surface area contributed by atoms with Crippen LogP contribution in [0.5, 0.6) is 0 Å². The Morgan fingerprint density at radius 1 is 1.37 bits per heavy atom. The van der Waals surface area contributed by atoms with Crippen LogP contribution in [0.1, 0.15) is 15.9 Å². The quantitative estimate of drug-likeness (QED) is 0.467. The number of hydrogen-bond acceptors (Lipinski definition) is 5. The molecule has 0 aliphatic carbocycles. The van der Waals surface area contributed by atoms with Crippen molar-refractivity contribution in [1.82, 2.24) is 0 Å². The Kier molecular flexibility index (Phi) is 3.12. The molecule has 0 radical (unpaired) electrons. The molecule has 6 nitrogen and oxygen atoms in total. The van der Waals surface area contributed by atoms with E-state index >= 15 is 0 Å². The second-order valence-corrected chi connectivity index (χ2v) is 3.76. The van der Waals surface area contributed by atoms with Gasteiger partial charge in [-0.15, -0.1) is 0 Å². The summed E-state index contributed by atoms with van der Waals surface area (Å²) in [6.07, 6.45) is 0. The Morgan fingerprint density at radius 2 is 2.11 bits per heavy atom. The minimum atomic E-state index is -0.599. The highest BCUT2D eigenvalue weighted by molar-refractivity contribution is 5.99. The average Bonchev–Trinajstić information content (AvgIpc) is 2.44. The molecule has 0 saturated heterocycles. The first kappa shape index (κ1) is 12.5. The first-order chi connectivity index (χ1) is 9.08. The maximum atomic E-state index is 11.4. The van der Waals surface area contributed by atoms with E-state index in [0.717, 1.165) is 0 Å². The molecule has 0 spiro atoms. The largest absolute Gasteiger partial charge is 0.465 e. The number of ether oxygens (including phenoxy) is 1. The molecule has 2 aromatic rings. The van der Waals surface area contributed by atoms with E-state index in [2.05, 4.69) is 4.74 Å². The number of nitro benzene ring substituents is 1. The Bertz CT molecular complexity index is 731. The summed E-state index contributed by atoms with van der Waals surface area (Å²) in [6, 6.07) is 9.08. The number of nitrogens with zero attached hydrogens (tertiary/aromatic N) is 2. The van der Waals surface area contributed by atoms with Crippen molar-refractivity contribution < 1.29 is 14.5 Å². The lowest BCUT2D eigenvalue weighted by atomic mass is 10.0. The zero-order valence-electron chi connectivity index (χ0n) is 9.91. The van der Waals surface area contributed by atoms with Gasteiger partial charge in [-0.3, -0.25) is 10.1 Å². The molecule has 0 N–H and O–H groups in total. The van der Waals surface area contributed by atoms with Gasteiger partial charge in [0.2, 0.25) is 0 Å². The number of esters is 1. The fourth-order valence-electron chi connectivity index (χ4n) is 1.85. The van der Waals surface area contributed by atoms with E-state index < -0.39 is 10.9 Å². The van der Waals surface area contributed by atoms with E-state index in [1.54, 1.807) is 12.1 Å². The van der Waals surface area contributed by atoms with E-state index in [9.17, 15) is 14.9 Å². The Morgan fingerprint density at radius 3 is 2.68 bits per heavy atom. The van der Waals surface area contributed by atoms with Crippen LogP contribution in [-0.4, -0.2) is 18.0 Å². The van der Waals surface area contributed by atoms with E-state index in [1.165, 1.54) is 31.4 Å². The molecule has 0 fully saturated rings. The monoisotopic (exact) mass is 256 g/mol. The van der Waals surface area contributed by atoms with Gasteiger partial charge in [-0.2, -0.15) is 5.26 Å². The summed E-state index contributed by atoms with van der Waals surface area (Å²) in [4.78, 5) is 21.8. The van der Waals surface area contributed by atoms with Crippen molar-refractivity contribution in [3.05, 3.63) is 51.6 Å². The topological polar surface area (TPSA) is 93.2 Å². The fourth-order valence-corrected chi connectivity index (χ4v) is 1.85. The van der Waals surface area contributed by atoms with Crippen molar-refractivity contribution in [2.24, 2.45) is 0 Å². The van der Waals surface area contributed by atoms with Crippen LogP contribution in [0.15, 0.2) is 30.3 Å². The average molecular weight is 256 g/mol. The van der Waals surface area contributed by atoms with Gasteiger partial charge in [-0.25, -0.2) is 4.79 Å². The molecule has 0 bridgehead atoms. The zero-order valence-corrected chi connectivity index (χ0v) is 9.91. The second kappa shape index (κ2) is 4.74. The summed E-state index contributed by atoms with van der Waals surface area (Å²) in [6.45, 7) is 0. The number of nitro groups is 1. The highest BCUT2D eigenvalue weighted by atomic mass is 16.6. The molecule has 2 rings (SSSR count). The van der Waals surface area contributed by atoms with Crippen LogP contribution in [0, 0.1) is 21.4 Å². The molecule has 0 heterocycles. The van der Waals surface area contributed by atoms with Gasteiger partial charge >= 0.3 is 5.97 Å². The van der Waals surface area contributed by atoms with Crippen molar-refractivity contribution in [3.63, 3.8) is 0 Å². The zero-order chi connectivity index (χ0) is 14.0. The molecule has 0 aromatic heterocycles. The number of benzene rings is 2. The van der Waals surface area contributed by atoms with Gasteiger partial charge in [0.1, 0.15) is 11.6 Å². The van der Waals surface area contributed by atoms with Gasteiger partial charge in [0, 0.05) is 0 Å². The molecule has 0 unspecified atom stereocenters. The van der Waals surface area contributed by atoms with Crippen molar-refractivity contribution in [2.75, 3.05) is 7.11 Å². The predicted octanol–water partition coefficient (Wildman–Crippen LogP) is 2.41. The maximum absolute atomic E-state index is 11.4. The molecule has 0 atom stereocenters. The van der Waals surface area contributed by atoms with Gasteiger partial charge in [-0.05, 0) is 29.7 Å². The van der Waals surface area contributed by atoms with E-state index in [1.807, 2.05) is 0 Å². The first-order valence-electron chi connectivity index (χ1n) is 5.28. The SMILES string of the molecule is COC(=O)c1ccc2c([N+](=O)[O-])c(C#N)ccc2c1. The van der Waals surface area contributed by atoms with Crippen LogP contribution in [0.2, 0.25) is 0 Å². The molecule has 19 heavy (non-hydrogen) atoms. The van der Waals surface area contributed by atoms with Crippen LogP contribution >= 0.6 is 0 Å². The second-order valence-electron chi connectivity index (χ2n) is 3.76. The number of carbonyl (C=O) groups is 1. The molecule has 0 aliphatic heterocycles. The van der Waals surface area contributed by atoms with Crippen LogP contribution in [0.4, 0.5) is 5.69 Å². The van der Waals surface area contributed by atoms with Gasteiger partial charge < -0.3 is 4.74 Å². The summed E-state index contributed by atoms with van der Waals surface area (Å²) in [5, 5.41) is 20.7. The lowest BCUT2D eigenvalue weighted by Crippen LogP contribution is -2.01. The van der Waals surface area contributed by atoms with Crippen LogP contribution < -0.4 is 0 Å². The first-order valence-corrected chi connectivity index (χ1v) is 5.28. The maximum Gasteiger partial charge on any atom is 0.337 e. The molecule has 2 aromatic carbocycles. The normalized spacial score (nSPS) is 9.89. The molecule has 0 aliphatic rings. The van der Waals surface area contributed by atoms with E-state index in [-0.39, 0.29) is 11.3 Å². The van der Waals surface area contributed by atoms with Crippen molar-refractivity contribution >= 4 is 22.4 Å². The minimum absolute atomic E-state index is 0.0108. The number of nitriles is 1. The van der Waals surface area contributed by atoms with Crippen molar-refractivity contribution in [2.45, 2.75) is 0 Å². The number of carbonyl (C=O) groups excluding carboxylic acids is 1. The highest BCUT2D eigenvalue weighted by Crippen LogP contribution is 2.29. The Balaban J connectivity index is 2.75. The predicted molar refractivity (Wildman–Crippen MR) is 66.7 cm³/mol. The summed E-state index contributed by atoms with van der Waals surface area (Å²) >= 11 is 0. The summed E-state index contributed by atoms with van der Waals surface area (Å²) < 4.78 is 4.58. The number of hydrogen-bond donors (Lipinski definition) is 0. The van der Waals surface area contributed by atoms with Crippen LogP contribution in [0.25, 0.3) is 10.8 Å². The van der Waals surface area contributed by atoms with Gasteiger partial charge in [-0.1, -0.05) is 6.07 Å². The minimum Gasteiger partial charge on any atom is -0.465 e. The third-order valence-electron chi connectivity index (χ3n) is 2.72. The molecule has 94 valence electrons. The summed E-state index contributed by atoms with van der Waals surface area (Å²) in [7, 11) is 1.26. The van der Waals surface area contributed by atoms with Gasteiger partial charge in [0.25, 0.3) is 5.69 Å². The van der Waals surface area contributed by atoms with Crippen LogP contribution in [-0.2, 0) is 4.74 Å². The highest BCUT2D eigenvalue weighted by Gasteiger charge is 2.19. The summed E-state index contributed by atoms with van der Waals surface area (Å²) in [5.74, 6) is -0.520. The number of methoxy groups -OCH3 is 1. The van der Waals surface area contributed by atoms with Gasteiger partial charge in [0.05, 0.1) is 23.0 Å². The lowest BCUT2D eigenvalue weighted by molar-refractivity contribution is -0.383. The molecular weight excluding hydrogens is 248 g/mol. The fraction of sp³-hybridized carbons (Fsp3) is 0.0769. The third-order valence-corrected chi connectivity index (χ3v) is 2.72. The Labute approximate surface area is 108 Å². The molecule has 0 amide bonds. The summed E-state index contributed by atoms with van der Waals surface area (Å²) in [5.41, 5.74) is 0.0359. The van der Waals surface area contributed by atoms with Crippen molar-refractivity contribution in [3.8, 4) is 6.07 Å². The molecular formula is C13H8N2O4. The van der Waals surface area contributed by atoms with E-state index in [0.29, 0.717) is 16.3 Å². The lowest BCUT2D eigenvalue weighted by Gasteiger charge is -2.04. The standard InChI is InChI=1S/C13H8N2O4/c1-19-13(16)9-4-5-11-8(6-9)2-3-10(7-14)12(11)15(17)18/h2-6H,1H3. The molecule has 0 saturated carbocycles. The van der Waals surface area contributed by atoms with Crippen molar-refractivity contribution in [1.29, 1.82) is 5.26 Å². The Hall–Kier alpha value is -2.94. The number of rotatable bonds is 2. The van der Waals surface area contributed by atoms with E-state index in [4.69, 9.17) is 5.26 Å². The third kappa shape index (κ3) is 2.09. The van der Waals surface area contributed by atoms with Crippen LogP contribution in [0.3, 0.4) is 0 Å². The molecule has 6 heteroatoms. The van der Waals surface area contributed by atoms with Gasteiger partial charge in [0.15, 0.2) is 0 Å². The smallest absolute Gasteiger partial charge is 0.337 e.